The van der Waals surface area contributed by atoms with Crippen LogP contribution in [0.1, 0.15) is 59.1 Å². The first-order valence-corrected chi connectivity index (χ1v) is 12.2. The maximum Gasteiger partial charge on any atom is 0.270 e. The number of nitro benzene ring substituents is 1. The lowest BCUT2D eigenvalue weighted by atomic mass is 10.1. The molecule has 0 spiro atoms. The Labute approximate surface area is 209 Å². The Hall–Kier alpha value is -4.14. The van der Waals surface area contributed by atoms with Gasteiger partial charge < -0.3 is 19.5 Å². The van der Waals surface area contributed by atoms with Gasteiger partial charge in [-0.2, -0.15) is 0 Å². The van der Waals surface area contributed by atoms with Crippen LogP contribution in [0.5, 0.6) is 0 Å². The fourth-order valence-electron chi connectivity index (χ4n) is 4.34. The predicted molar refractivity (Wildman–Crippen MR) is 137 cm³/mol. The average molecular weight is 491 g/mol. The minimum atomic E-state index is -0.539. The molecule has 9 nitrogen and oxygen atoms in total. The number of nitrogens with zero attached hydrogens (tertiary/aromatic N) is 3. The molecule has 4 rings (SSSR count). The third-order valence-corrected chi connectivity index (χ3v) is 6.25. The molecular formula is C27H30N4O5. The monoisotopic (exact) mass is 490 g/mol. The van der Waals surface area contributed by atoms with Gasteiger partial charge in [-0.3, -0.25) is 19.7 Å². The molecule has 0 saturated carbocycles. The predicted octanol–water partition coefficient (Wildman–Crippen LogP) is 5.48. The zero-order valence-electron chi connectivity index (χ0n) is 20.3. The molecule has 36 heavy (non-hydrogen) atoms. The lowest BCUT2D eigenvalue weighted by Gasteiger charge is -2.28. The van der Waals surface area contributed by atoms with Crippen molar-refractivity contribution in [3.63, 3.8) is 0 Å². The highest BCUT2D eigenvalue weighted by Crippen LogP contribution is 2.29. The maximum atomic E-state index is 13.6. The number of hydrogen-bond donors (Lipinski definition) is 1. The Morgan fingerprint density at radius 2 is 1.92 bits per heavy atom. The molecule has 1 aromatic heterocycles. The molecule has 1 fully saturated rings. The van der Waals surface area contributed by atoms with Gasteiger partial charge in [-0.1, -0.05) is 19.4 Å². The zero-order valence-corrected chi connectivity index (χ0v) is 20.3. The second kappa shape index (κ2) is 11.5. The molecule has 2 aromatic carbocycles. The van der Waals surface area contributed by atoms with Crippen molar-refractivity contribution in [2.45, 2.75) is 39.2 Å². The summed E-state index contributed by atoms with van der Waals surface area (Å²) in [6.07, 6.45) is 5.52. The number of rotatable bonds is 10. The van der Waals surface area contributed by atoms with Crippen LogP contribution in [0.3, 0.4) is 0 Å². The number of anilines is 2. The second-order valence-corrected chi connectivity index (χ2v) is 8.85. The van der Waals surface area contributed by atoms with Crippen molar-refractivity contribution in [2.24, 2.45) is 0 Å². The molecule has 0 aliphatic carbocycles. The van der Waals surface area contributed by atoms with E-state index in [1.807, 2.05) is 23.1 Å². The van der Waals surface area contributed by atoms with E-state index in [1.54, 1.807) is 18.4 Å². The number of carbonyl (C=O) groups is 2. The van der Waals surface area contributed by atoms with E-state index in [-0.39, 0.29) is 17.2 Å². The molecule has 1 aliphatic rings. The van der Waals surface area contributed by atoms with E-state index in [1.165, 1.54) is 24.3 Å². The molecule has 0 bridgehead atoms. The number of nitrogens with one attached hydrogen (secondary N) is 1. The maximum absolute atomic E-state index is 13.6. The number of hydrogen-bond acceptors (Lipinski definition) is 6. The molecule has 2 amide bonds. The topological polar surface area (TPSA) is 109 Å². The summed E-state index contributed by atoms with van der Waals surface area (Å²) in [4.78, 5) is 40.9. The van der Waals surface area contributed by atoms with E-state index in [2.05, 4.69) is 17.1 Å². The number of non-ortho nitro benzene ring substituents is 1. The summed E-state index contributed by atoms with van der Waals surface area (Å²) in [6, 6.07) is 14.6. The normalized spacial score (nSPS) is 13.0. The highest BCUT2D eigenvalue weighted by molar-refractivity contribution is 6.06. The van der Waals surface area contributed by atoms with Crippen LogP contribution in [0.2, 0.25) is 0 Å². The van der Waals surface area contributed by atoms with Crippen LogP contribution < -0.4 is 10.2 Å². The minimum absolute atomic E-state index is 0.0742. The number of likely N-dealkylation sites (tertiary alicyclic amines) is 1. The van der Waals surface area contributed by atoms with E-state index in [0.29, 0.717) is 30.9 Å². The second-order valence-electron chi connectivity index (χ2n) is 8.85. The highest BCUT2D eigenvalue weighted by atomic mass is 16.6. The van der Waals surface area contributed by atoms with Crippen molar-refractivity contribution in [1.82, 2.24) is 4.90 Å². The van der Waals surface area contributed by atoms with Gasteiger partial charge in [-0.15, -0.1) is 0 Å². The number of unbranched alkanes of at least 4 members (excludes halogenated alkanes) is 1. The molecule has 3 aromatic rings. The summed E-state index contributed by atoms with van der Waals surface area (Å²) in [5.74, 6) is 0.244. The van der Waals surface area contributed by atoms with Crippen molar-refractivity contribution in [1.29, 1.82) is 0 Å². The van der Waals surface area contributed by atoms with E-state index in [0.717, 1.165) is 43.7 Å². The van der Waals surface area contributed by atoms with Crippen molar-refractivity contribution in [3.8, 4) is 0 Å². The smallest absolute Gasteiger partial charge is 0.270 e. The minimum Gasteiger partial charge on any atom is -0.467 e. The van der Waals surface area contributed by atoms with Gasteiger partial charge in [0.1, 0.15) is 5.76 Å². The lowest BCUT2D eigenvalue weighted by molar-refractivity contribution is -0.384. The number of benzene rings is 2. The average Bonchev–Trinajstić information content (AvgIpc) is 3.61. The van der Waals surface area contributed by atoms with E-state index < -0.39 is 10.8 Å². The number of nitro groups is 1. The van der Waals surface area contributed by atoms with E-state index in [9.17, 15) is 19.7 Å². The van der Waals surface area contributed by atoms with Crippen molar-refractivity contribution in [3.05, 3.63) is 87.9 Å². The SMILES string of the molecule is CCCCN(Cc1ccco1)c1ccc(NC(=O)c2cccc([N+](=O)[O-])c2)cc1C(=O)N1CCCC1. The molecule has 188 valence electrons. The van der Waals surface area contributed by atoms with Crippen LogP contribution in [-0.2, 0) is 6.54 Å². The first kappa shape index (κ1) is 25.0. The van der Waals surface area contributed by atoms with Crippen molar-refractivity contribution < 1.29 is 18.9 Å². The summed E-state index contributed by atoms with van der Waals surface area (Å²) in [7, 11) is 0. The Bertz CT molecular complexity index is 1220. The first-order chi connectivity index (χ1) is 17.5. The summed E-state index contributed by atoms with van der Waals surface area (Å²) >= 11 is 0. The summed E-state index contributed by atoms with van der Waals surface area (Å²) < 4.78 is 5.58. The van der Waals surface area contributed by atoms with Gasteiger partial charge in [0, 0.05) is 43.0 Å². The zero-order chi connectivity index (χ0) is 25.5. The molecule has 1 saturated heterocycles. The Kier molecular flexibility index (Phi) is 7.99. The third-order valence-electron chi connectivity index (χ3n) is 6.25. The summed E-state index contributed by atoms with van der Waals surface area (Å²) in [5, 5.41) is 13.9. The highest BCUT2D eigenvalue weighted by Gasteiger charge is 2.25. The quantitative estimate of drug-likeness (QED) is 0.298. The largest absolute Gasteiger partial charge is 0.467 e. The van der Waals surface area contributed by atoms with Gasteiger partial charge in [0.15, 0.2) is 0 Å². The number of carbonyl (C=O) groups excluding carboxylic acids is 2. The Morgan fingerprint density at radius 3 is 2.61 bits per heavy atom. The molecule has 1 N–H and O–H groups in total. The van der Waals surface area contributed by atoms with Crippen LogP contribution in [0.25, 0.3) is 0 Å². The summed E-state index contributed by atoms with van der Waals surface area (Å²) in [6.45, 7) is 4.79. The Balaban J connectivity index is 1.66. The molecular weight excluding hydrogens is 460 g/mol. The fraction of sp³-hybridized carbons (Fsp3) is 0.333. The van der Waals surface area contributed by atoms with Crippen molar-refractivity contribution >= 4 is 28.9 Å². The van der Waals surface area contributed by atoms with Gasteiger partial charge in [0.2, 0.25) is 0 Å². The summed E-state index contributed by atoms with van der Waals surface area (Å²) in [5.41, 5.74) is 1.75. The Morgan fingerprint density at radius 1 is 1.11 bits per heavy atom. The van der Waals surface area contributed by atoms with Gasteiger partial charge in [-0.25, -0.2) is 0 Å². The molecule has 0 radical (unpaired) electrons. The van der Waals surface area contributed by atoms with Gasteiger partial charge in [0.25, 0.3) is 17.5 Å². The molecule has 1 aliphatic heterocycles. The van der Waals surface area contributed by atoms with Crippen LogP contribution in [-0.4, -0.2) is 41.3 Å². The molecule has 0 atom stereocenters. The fourth-order valence-corrected chi connectivity index (χ4v) is 4.34. The van der Waals surface area contributed by atoms with E-state index in [4.69, 9.17) is 4.42 Å². The van der Waals surface area contributed by atoms with Crippen LogP contribution in [0.4, 0.5) is 17.1 Å². The molecule has 2 heterocycles. The number of furan rings is 1. The van der Waals surface area contributed by atoms with Crippen LogP contribution in [0.15, 0.2) is 65.3 Å². The molecule has 9 heteroatoms. The van der Waals surface area contributed by atoms with Crippen molar-refractivity contribution in [2.75, 3.05) is 29.9 Å². The molecule has 0 unspecified atom stereocenters. The van der Waals surface area contributed by atoms with Crippen LogP contribution >= 0.6 is 0 Å². The van der Waals surface area contributed by atoms with Gasteiger partial charge in [0.05, 0.1) is 29.0 Å². The van der Waals surface area contributed by atoms with Crippen LogP contribution in [0, 0.1) is 10.1 Å². The number of amides is 2. The van der Waals surface area contributed by atoms with E-state index >= 15 is 0 Å². The first-order valence-electron chi connectivity index (χ1n) is 12.2. The third kappa shape index (κ3) is 5.91. The van der Waals surface area contributed by atoms with Gasteiger partial charge >= 0.3 is 0 Å². The van der Waals surface area contributed by atoms with Gasteiger partial charge in [-0.05, 0) is 55.7 Å². The standard InChI is InChI=1S/C27H30N4O5/c1-2-3-13-30(19-23-10-7-16-36-23)25-12-11-21(18-24(25)27(33)29-14-4-5-15-29)28-26(32)20-8-6-9-22(17-20)31(34)35/h6-12,16-18H,2-5,13-15,19H2,1H3,(H,28,32). The lowest BCUT2D eigenvalue weighted by Crippen LogP contribution is -2.31.